The first kappa shape index (κ1) is 26.5. The fourth-order valence-corrected chi connectivity index (χ4v) is 5.06. The predicted octanol–water partition coefficient (Wildman–Crippen LogP) is 6.14. The minimum absolute atomic E-state index is 0.353. The van der Waals surface area contributed by atoms with Crippen LogP contribution in [0.25, 0.3) is 22.3 Å². The Balaban J connectivity index is 1.64. The summed E-state index contributed by atoms with van der Waals surface area (Å²) < 4.78 is 18.3. The van der Waals surface area contributed by atoms with E-state index in [0.29, 0.717) is 51.5 Å². The lowest BCUT2D eigenvalue weighted by Crippen LogP contribution is -2.22. The number of hydrogen-bond acceptors (Lipinski definition) is 8. The lowest BCUT2D eigenvalue weighted by Gasteiger charge is -2.28. The number of hydrogen-bond donors (Lipinski definition) is 0. The lowest BCUT2D eigenvalue weighted by molar-refractivity contribution is 0.394. The topological polar surface area (TPSA) is 87.4 Å². The SMILES string of the molecule is COc1cccnc1CCN(c1ccc2ncc(-c3cnn(C)c3)nc2c1)c1c(Cl)c(OC)cc(OC)c1Cl. The van der Waals surface area contributed by atoms with E-state index in [-0.39, 0.29) is 0 Å². The third-order valence-corrected chi connectivity index (χ3v) is 7.03. The maximum Gasteiger partial charge on any atom is 0.143 e. The molecule has 0 aliphatic rings. The first-order chi connectivity index (χ1) is 18.9. The summed E-state index contributed by atoms with van der Waals surface area (Å²) in [6, 6.07) is 11.2. The van der Waals surface area contributed by atoms with Crippen molar-refractivity contribution in [3.05, 3.63) is 76.9 Å². The van der Waals surface area contributed by atoms with Crippen molar-refractivity contribution < 1.29 is 14.2 Å². The van der Waals surface area contributed by atoms with Crippen LogP contribution in [0.5, 0.6) is 17.2 Å². The van der Waals surface area contributed by atoms with Gasteiger partial charge >= 0.3 is 0 Å². The summed E-state index contributed by atoms with van der Waals surface area (Å²) in [6.45, 7) is 0.463. The van der Waals surface area contributed by atoms with Crippen molar-refractivity contribution in [2.24, 2.45) is 7.05 Å². The number of pyridine rings is 1. The molecule has 5 rings (SSSR count). The average molecular weight is 565 g/mol. The lowest BCUT2D eigenvalue weighted by atomic mass is 10.1. The van der Waals surface area contributed by atoms with Gasteiger partial charge in [-0.05, 0) is 30.3 Å². The van der Waals surface area contributed by atoms with Gasteiger partial charge in [-0.1, -0.05) is 23.2 Å². The van der Waals surface area contributed by atoms with E-state index < -0.39 is 0 Å². The van der Waals surface area contributed by atoms with E-state index in [4.69, 9.17) is 42.4 Å². The Kier molecular flexibility index (Phi) is 7.72. The zero-order chi connectivity index (χ0) is 27.5. The van der Waals surface area contributed by atoms with Gasteiger partial charge in [0.2, 0.25) is 0 Å². The first-order valence-corrected chi connectivity index (χ1v) is 12.8. The summed E-state index contributed by atoms with van der Waals surface area (Å²) in [4.78, 5) is 16.0. The van der Waals surface area contributed by atoms with E-state index in [1.165, 1.54) is 0 Å². The minimum atomic E-state index is 0.353. The van der Waals surface area contributed by atoms with Gasteiger partial charge in [-0.2, -0.15) is 5.10 Å². The zero-order valence-electron chi connectivity index (χ0n) is 21.9. The molecule has 9 nitrogen and oxygen atoms in total. The molecule has 39 heavy (non-hydrogen) atoms. The van der Waals surface area contributed by atoms with Crippen LogP contribution in [0, 0.1) is 0 Å². The first-order valence-electron chi connectivity index (χ1n) is 12.0. The van der Waals surface area contributed by atoms with E-state index in [1.807, 2.05) is 48.5 Å². The van der Waals surface area contributed by atoms with Gasteiger partial charge in [-0.15, -0.1) is 0 Å². The van der Waals surface area contributed by atoms with E-state index in [9.17, 15) is 0 Å². The Morgan fingerprint density at radius 2 is 1.62 bits per heavy atom. The van der Waals surface area contributed by atoms with Crippen molar-refractivity contribution in [1.29, 1.82) is 0 Å². The molecule has 3 aromatic heterocycles. The smallest absolute Gasteiger partial charge is 0.143 e. The van der Waals surface area contributed by atoms with Gasteiger partial charge in [-0.25, -0.2) is 4.98 Å². The Hall–Kier alpha value is -4.08. The number of ether oxygens (including phenoxy) is 3. The molecule has 0 unspecified atom stereocenters. The highest BCUT2D eigenvalue weighted by Crippen LogP contribution is 2.48. The van der Waals surface area contributed by atoms with E-state index >= 15 is 0 Å². The largest absolute Gasteiger partial charge is 0.495 e. The van der Waals surface area contributed by atoms with Crippen molar-refractivity contribution in [1.82, 2.24) is 24.7 Å². The molecule has 2 aromatic carbocycles. The van der Waals surface area contributed by atoms with Crippen LogP contribution in [0.3, 0.4) is 0 Å². The number of aromatic nitrogens is 5. The predicted molar refractivity (Wildman–Crippen MR) is 153 cm³/mol. The number of nitrogens with zero attached hydrogens (tertiary/aromatic N) is 6. The van der Waals surface area contributed by atoms with Crippen LogP contribution >= 0.6 is 23.2 Å². The van der Waals surface area contributed by atoms with E-state index in [0.717, 1.165) is 28.2 Å². The molecule has 0 N–H and O–H groups in total. The number of benzene rings is 2. The Labute approximate surface area is 235 Å². The Bertz CT molecular complexity index is 1610. The Morgan fingerprint density at radius 1 is 0.872 bits per heavy atom. The third-order valence-electron chi connectivity index (χ3n) is 6.30. The fourth-order valence-electron chi connectivity index (χ4n) is 4.35. The quantitative estimate of drug-likeness (QED) is 0.211. The molecule has 0 fully saturated rings. The monoisotopic (exact) mass is 564 g/mol. The third kappa shape index (κ3) is 5.28. The number of fused-ring (bicyclic) bond motifs is 1. The summed E-state index contributed by atoms with van der Waals surface area (Å²) in [7, 11) is 6.58. The number of rotatable bonds is 9. The van der Waals surface area contributed by atoms with Crippen LogP contribution in [0.4, 0.5) is 11.4 Å². The molecule has 11 heteroatoms. The van der Waals surface area contributed by atoms with Gasteiger partial charge in [0.25, 0.3) is 0 Å². The summed E-state index contributed by atoms with van der Waals surface area (Å²) in [5.74, 6) is 1.57. The van der Waals surface area contributed by atoms with Crippen LogP contribution < -0.4 is 19.1 Å². The molecule has 0 radical (unpaired) electrons. The molecule has 0 aliphatic carbocycles. The molecule has 5 aromatic rings. The summed E-state index contributed by atoms with van der Waals surface area (Å²) in [5.41, 5.74) is 5.19. The average Bonchev–Trinajstić information content (AvgIpc) is 3.40. The fraction of sp³-hybridized carbons (Fsp3) is 0.214. The van der Waals surface area contributed by atoms with E-state index in [2.05, 4.69) is 15.1 Å². The molecule has 0 saturated carbocycles. The summed E-state index contributed by atoms with van der Waals surface area (Å²) in [5, 5.41) is 4.96. The van der Waals surface area contributed by atoms with Crippen molar-refractivity contribution in [3.8, 4) is 28.5 Å². The summed E-state index contributed by atoms with van der Waals surface area (Å²) in [6.07, 6.45) is 7.67. The highest BCUT2D eigenvalue weighted by molar-refractivity contribution is 6.41. The molecule has 0 bridgehead atoms. The van der Waals surface area contributed by atoms with Gasteiger partial charge in [0.15, 0.2) is 0 Å². The van der Waals surface area contributed by atoms with Crippen molar-refractivity contribution in [3.63, 3.8) is 0 Å². The maximum atomic E-state index is 6.87. The minimum Gasteiger partial charge on any atom is -0.495 e. The van der Waals surface area contributed by atoms with Crippen LogP contribution in [0.1, 0.15) is 5.69 Å². The van der Waals surface area contributed by atoms with Crippen LogP contribution in [0.15, 0.2) is 61.2 Å². The number of halogens is 2. The maximum absolute atomic E-state index is 6.87. The van der Waals surface area contributed by atoms with Gasteiger partial charge < -0.3 is 19.1 Å². The molecular formula is C28H26Cl2N6O3. The molecule has 0 saturated heterocycles. The molecular weight excluding hydrogens is 539 g/mol. The Morgan fingerprint density at radius 3 is 2.28 bits per heavy atom. The summed E-state index contributed by atoms with van der Waals surface area (Å²) >= 11 is 13.7. The van der Waals surface area contributed by atoms with Gasteiger partial charge in [0, 0.05) is 49.7 Å². The normalized spacial score (nSPS) is 11.0. The van der Waals surface area contributed by atoms with Crippen molar-refractivity contribution in [2.75, 3.05) is 32.8 Å². The highest BCUT2D eigenvalue weighted by Gasteiger charge is 2.24. The zero-order valence-corrected chi connectivity index (χ0v) is 23.4. The second kappa shape index (κ2) is 11.3. The second-order valence-corrected chi connectivity index (χ2v) is 9.40. The molecule has 0 amide bonds. The number of aryl methyl sites for hydroxylation is 1. The highest BCUT2D eigenvalue weighted by atomic mass is 35.5. The van der Waals surface area contributed by atoms with Gasteiger partial charge in [0.05, 0.1) is 61.8 Å². The molecule has 0 spiro atoms. The van der Waals surface area contributed by atoms with Crippen molar-refractivity contribution in [2.45, 2.75) is 6.42 Å². The van der Waals surface area contributed by atoms with E-state index in [1.54, 1.807) is 50.7 Å². The van der Waals surface area contributed by atoms with Crippen LogP contribution in [-0.2, 0) is 13.5 Å². The molecule has 3 heterocycles. The molecule has 0 aliphatic heterocycles. The van der Waals surface area contributed by atoms with Crippen LogP contribution in [0.2, 0.25) is 10.0 Å². The standard InChI is InChI=1S/C28H26Cl2N6O3/c1-35-16-17(14-33-35)22-15-32-19-8-7-18(12-21(19)34-22)36(11-9-20-23(37-2)6-5-10-31-20)28-26(29)24(38-3)13-25(39-4)27(28)30/h5-8,10,12-16H,9,11H2,1-4H3. The number of methoxy groups -OCH3 is 3. The van der Waals surface area contributed by atoms with Crippen molar-refractivity contribution >= 4 is 45.6 Å². The van der Waals surface area contributed by atoms with Crippen LogP contribution in [-0.4, -0.2) is 52.6 Å². The van der Waals surface area contributed by atoms with Gasteiger partial charge in [-0.3, -0.25) is 14.6 Å². The molecule has 200 valence electrons. The molecule has 0 atom stereocenters. The number of anilines is 2. The van der Waals surface area contributed by atoms with Gasteiger partial charge in [0.1, 0.15) is 27.3 Å². The second-order valence-electron chi connectivity index (χ2n) is 8.64.